The summed E-state index contributed by atoms with van der Waals surface area (Å²) in [6.07, 6.45) is 0. The molecule has 0 amide bonds. The molecule has 0 aliphatic rings. The number of aryl methyl sites for hydroxylation is 1. The highest BCUT2D eigenvalue weighted by molar-refractivity contribution is 5.70. The Labute approximate surface area is 154 Å². The minimum Gasteiger partial charge on any atom is -0.497 e. The van der Waals surface area contributed by atoms with Crippen LogP contribution in [-0.4, -0.2) is 22.0 Å². The van der Waals surface area contributed by atoms with E-state index in [0.29, 0.717) is 17.1 Å². The van der Waals surface area contributed by atoms with E-state index in [1.807, 2.05) is 0 Å². The maximum atomic E-state index is 13.0. The van der Waals surface area contributed by atoms with Gasteiger partial charge in [0.2, 0.25) is 11.8 Å². The number of hydrogen-bond acceptors (Lipinski definition) is 7. The van der Waals surface area contributed by atoms with Crippen LogP contribution in [0.1, 0.15) is 5.69 Å². The van der Waals surface area contributed by atoms with Gasteiger partial charge in [0.05, 0.1) is 12.0 Å². The van der Waals surface area contributed by atoms with Crippen molar-refractivity contribution < 1.29 is 14.1 Å². The highest BCUT2D eigenvalue weighted by Crippen LogP contribution is 2.31. The van der Waals surface area contributed by atoms with Crippen LogP contribution in [0.15, 0.2) is 48.5 Å². The van der Waals surface area contributed by atoms with Gasteiger partial charge in [-0.2, -0.15) is 4.98 Å². The van der Waals surface area contributed by atoms with Crippen LogP contribution in [-0.2, 0) is 0 Å². The van der Waals surface area contributed by atoms with Crippen LogP contribution in [0.3, 0.4) is 0 Å². The van der Waals surface area contributed by atoms with E-state index in [-0.39, 0.29) is 29.0 Å². The number of halogens is 1. The fourth-order valence-electron chi connectivity index (χ4n) is 2.43. The Morgan fingerprint density at radius 1 is 1.07 bits per heavy atom. The van der Waals surface area contributed by atoms with Gasteiger partial charge in [0.15, 0.2) is 0 Å². The Bertz CT molecular complexity index is 979. The number of nitrogens with one attached hydrogen (secondary N) is 2. The molecule has 27 heavy (non-hydrogen) atoms. The van der Waals surface area contributed by atoms with Gasteiger partial charge < -0.3 is 15.4 Å². The summed E-state index contributed by atoms with van der Waals surface area (Å²) >= 11 is 0. The Morgan fingerprint density at radius 3 is 2.48 bits per heavy atom. The third kappa shape index (κ3) is 4.27. The summed E-state index contributed by atoms with van der Waals surface area (Å²) in [5, 5.41) is 17.3. The van der Waals surface area contributed by atoms with Gasteiger partial charge in [-0.25, -0.2) is 9.37 Å². The van der Waals surface area contributed by atoms with E-state index in [4.69, 9.17) is 4.74 Å². The van der Waals surface area contributed by atoms with E-state index in [2.05, 4.69) is 20.6 Å². The van der Waals surface area contributed by atoms with Gasteiger partial charge in [-0.15, -0.1) is 0 Å². The Kier molecular flexibility index (Phi) is 5.11. The van der Waals surface area contributed by atoms with Gasteiger partial charge in [-0.3, -0.25) is 10.1 Å². The van der Waals surface area contributed by atoms with Crippen LogP contribution < -0.4 is 15.4 Å². The zero-order valence-electron chi connectivity index (χ0n) is 14.6. The van der Waals surface area contributed by atoms with Crippen molar-refractivity contribution in [3.8, 4) is 5.75 Å². The first-order valence-electron chi connectivity index (χ1n) is 7.93. The highest BCUT2D eigenvalue weighted by atomic mass is 19.1. The van der Waals surface area contributed by atoms with Crippen molar-refractivity contribution in [2.24, 2.45) is 0 Å². The van der Waals surface area contributed by atoms with Crippen molar-refractivity contribution in [3.63, 3.8) is 0 Å². The van der Waals surface area contributed by atoms with E-state index in [1.165, 1.54) is 38.3 Å². The number of ether oxygens (including phenoxy) is 1. The molecular weight excluding hydrogens is 353 g/mol. The summed E-state index contributed by atoms with van der Waals surface area (Å²) in [6, 6.07) is 12.5. The molecule has 3 aromatic rings. The minimum absolute atomic E-state index is 0.0327. The molecule has 1 heterocycles. The molecular formula is C18H16FN5O3. The van der Waals surface area contributed by atoms with Crippen molar-refractivity contribution in [2.45, 2.75) is 6.92 Å². The molecule has 0 aliphatic carbocycles. The minimum atomic E-state index is -0.542. The molecule has 2 aromatic carbocycles. The second kappa shape index (κ2) is 7.65. The first kappa shape index (κ1) is 18.1. The Morgan fingerprint density at radius 2 is 1.81 bits per heavy atom. The largest absolute Gasteiger partial charge is 0.497 e. The number of aromatic nitrogens is 2. The third-order valence-corrected chi connectivity index (χ3v) is 3.67. The summed E-state index contributed by atoms with van der Waals surface area (Å²) in [5.41, 5.74) is 1.08. The predicted molar refractivity (Wildman–Crippen MR) is 99.4 cm³/mol. The molecule has 3 rings (SSSR count). The zero-order valence-corrected chi connectivity index (χ0v) is 14.6. The second-order valence-electron chi connectivity index (χ2n) is 5.58. The van der Waals surface area contributed by atoms with Crippen LogP contribution in [0, 0.1) is 22.9 Å². The summed E-state index contributed by atoms with van der Waals surface area (Å²) in [4.78, 5) is 19.3. The van der Waals surface area contributed by atoms with Crippen molar-refractivity contribution in [3.05, 3.63) is 70.2 Å². The predicted octanol–water partition coefficient (Wildman–Crippen LogP) is 4.33. The Hall–Kier alpha value is -3.75. The maximum Gasteiger partial charge on any atom is 0.332 e. The fraction of sp³-hybridized carbons (Fsp3) is 0.111. The maximum absolute atomic E-state index is 13.0. The topological polar surface area (TPSA) is 102 Å². The van der Waals surface area contributed by atoms with Crippen molar-refractivity contribution >= 4 is 28.8 Å². The quantitative estimate of drug-likeness (QED) is 0.492. The molecule has 1 aromatic heterocycles. The molecule has 0 radical (unpaired) electrons. The van der Waals surface area contributed by atoms with Crippen LogP contribution in [0.5, 0.6) is 5.75 Å². The van der Waals surface area contributed by atoms with E-state index in [9.17, 15) is 14.5 Å². The molecule has 0 unspecified atom stereocenters. The molecule has 2 N–H and O–H groups in total. The molecule has 0 bridgehead atoms. The lowest BCUT2D eigenvalue weighted by atomic mass is 10.3. The summed E-state index contributed by atoms with van der Waals surface area (Å²) < 4.78 is 18.2. The first-order valence-corrected chi connectivity index (χ1v) is 7.93. The van der Waals surface area contributed by atoms with E-state index in [0.717, 1.165) is 0 Å². The van der Waals surface area contributed by atoms with Gasteiger partial charge in [-0.1, -0.05) is 6.07 Å². The summed E-state index contributed by atoms with van der Waals surface area (Å²) in [6.45, 7) is 1.52. The lowest BCUT2D eigenvalue weighted by Crippen LogP contribution is -2.07. The monoisotopic (exact) mass is 369 g/mol. The first-order chi connectivity index (χ1) is 13.0. The number of nitro groups is 1. The van der Waals surface area contributed by atoms with Gasteiger partial charge in [0, 0.05) is 17.4 Å². The SMILES string of the molecule is COc1cccc(Nc2nc(Nc3ccc(F)cc3)nc(C)c2[N+](=O)[O-])c1. The number of anilines is 4. The fourth-order valence-corrected chi connectivity index (χ4v) is 2.43. The van der Waals surface area contributed by atoms with Crippen molar-refractivity contribution in [1.82, 2.24) is 9.97 Å². The molecule has 0 saturated carbocycles. The molecule has 8 nitrogen and oxygen atoms in total. The van der Waals surface area contributed by atoms with E-state index >= 15 is 0 Å². The van der Waals surface area contributed by atoms with Crippen LogP contribution in [0.25, 0.3) is 0 Å². The van der Waals surface area contributed by atoms with Gasteiger partial charge >= 0.3 is 5.69 Å². The molecule has 0 aliphatic heterocycles. The average molecular weight is 369 g/mol. The van der Waals surface area contributed by atoms with Crippen LogP contribution >= 0.6 is 0 Å². The number of nitrogens with zero attached hydrogens (tertiary/aromatic N) is 3. The number of benzene rings is 2. The highest BCUT2D eigenvalue weighted by Gasteiger charge is 2.22. The van der Waals surface area contributed by atoms with Gasteiger partial charge in [0.25, 0.3) is 0 Å². The number of rotatable bonds is 6. The van der Waals surface area contributed by atoms with Gasteiger partial charge in [0.1, 0.15) is 17.3 Å². The van der Waals surface area contributed by atoms with Gasteiger partial charge in [-0.05, 0) is 43.3 Å². The van der Waals surface area contributed by atoms with E-state index in [1.54, 1.807) is 24.3 Å². The van der Waals surface area contributed by atoms with E-state index < -0.39 is 4.92 Å². The molecule has 138 valence electrons. The summed E-state index contributed by atoms with van der Waals surface area (Å²) in [5.74, 6) is 0.403. The molecule has 0 atom stereocenters. The second-order valence-corrected chi connectivity index (χ2v) is 5.58. The average Bonchev–Trinajstić information content (AvgIpc) is 2.63. The number of hydrogen-bond donors (Lipinski definition) is 2. The van der Waals surface area contributed by atoms with Crippen LogP contribution in [0.2, 0.25) is 0 Å². The van der Waals surface area contributed by atoms with Crippen LogP contribution in [0.4, 0.5) is 33.2 Å². The molecule has 0 fully saturated rings. The molecule has 9 heteroatoms. The smallest absolute Gasteiger partial charge is 0.332 e. The van der Waals surface area contributed by atoms with Crippen molar-refractivity contribution in [1.29, 1.82) is 0 Å². The zero-order chi connectivity index (χ0) is 19.4. The normalized spacial score (nSPS) is 10.3. The van der Waals surface area contributed by atoms with Crippen molar-refractivity contribution in [2.75, 3.05) is 17.7 Å². The molecule has 0 spiro atoms. The lowest BCUT2D eigenvalue weighted by molar-refractivity contribution is -0.385. The lowest BCUT2D eigenvalue weighted by Gasteiger charge is -2.11. The molecule has 0 saturated heterocycles. The number of methoxy groups -OCH3 is 1. The Balaban J connectivity index is 1.97. The summed E-state index contributed by atoms with van der Waals surface area (Å²) in [7, 11) is 1.53. The standard InChI is InChI=1S/C18H16FN5O3/c1-11-16(24(25)26)17(21-14-4-3-5-15(10-14)27-2)23-18(20-11)22-13-8-6-12(19)7-9-13/h3-10H,1-2H3,(H2,20,21,22,23). The third-order valence-electron chi connectivity index (χ3n) is 3.67.